The van der Waals surface area contributed by atoms with Crippen LogP contribution in [-0.2, 0) is 4.79 Å². The quantitative estimate of drug-likeness (QED) is 0.727. The highest BCUT2D eigenvalue weighted by molar-refractivity contribution is 9.10. The fourth-order valence-corrected chi connectivity index (χ4v) is 2.67. The van der Waals surface area contributed by atoms with Gasteiger partial charge in [-0.25, -0.2) is 0 Å². The van der Waals surface area contributed by atoms with Crippen molar-refractivity contribution >= 4 is 33.4 Å². The summed E-state index contributed by atoms with van der Waals surface area (Å²) in [6.45, 7) is 6.92. The molecule has 0 fully saturated rings. The zero-order chi connectivity index (χ0) is 19.1. The van der Waals surface area contributed by atoms with E-state index in [0.29, 0.717) is 30.1 Å². The summed E-state index contributed by atoms with van der Waals surface area (Å²) in [5.74, 6) is 0.353. The second-order valence-electron chi connectivity index (χ2n) is 5.76. The third kappa shape index (κ3) is 5.33. The fourth-order valence-electron chi connectivity index (χ4n) is 2.40. The Bertz CT molecular complexity index is 741. The molecule has 0 saturated heterocycles. The minimum atomic E-state index is -0.645. The Morgan fingerprint density at radius 2 is 1.62 bits per heavy atom. The van der Waals surface area contributed by atoms with Crippen molar-refractivity contribution in [2.45, 2.75) is 26.9 Å². The monoisotopic (exact) mass is 418 g/mol. The predicted octanol–water partition coefficient (Wildman–Crippen LogP) is 4.34. The highest BCUT2D eigenvalue weighted by Gasteiger charge is 2.16. The number of halogens is 1. The molecule has 1 atom stereocenters. The molecular formula is C20H23BrN2O3. The van der Waals surface area contributed by atoms with Crippen molar-refractivity contribution in [1.82, 2.24) is 4.90 Å². The molecule has 6 heteroatoms. The van der Waals surface area contributed by atoms with Crippen molar-refractivity contribution < 1.29 is 14.3 Å². The lowest BCUT2D eigenvalue weighted by Crippen LogP contribution is -2.31. The average molecular weight is 419 g/mol. The summed E-state index contributed by atoms with van der Waals surface area (Å²) >= 11 is 3.36. The summed E-state index contributed by atoms with van der Waals surface area (Å²) in [7, 11) is 0. The van der Waals surface area contributed by atoms with Crippen LogP contribution in [-0.4, -0.2) is 35.9 Å². The van der Waals surface area contributed by atoms with Gasteiger partial charge in [-0.3, -0.25) is 9.59 Å². The van der Waals surface area contributed by atoms with Gasteiger partial charge in [0.05, 0.1) is 0 Å². The van der Waals surface area contributed by atoms with E-state index in [4.69, 9.17) is 4.74 Å². The van der Waals surface area contributed by atoms with Gasteiger partial charge in [-0.15, -0.1) is 0 Å². The van der Waals surface area contributed by atoms with Crippen LogP contribution in [0.1, 0.15) is 31.1 Å². The van der Waals surface area contributed by atoms with Crippen LogP contribution in [0.3, 0.4) is 0 Å². The van der Waals surface area contributed by atoms with Gasteiger partial charge in [-0.05, 0) is 69.3 Å². The topological polar surface area (TPSA) is 58.6 Å². The van der Waals surface area contributed by atoms with Crippen LogP contribution >= 0.6 is 15.9 Å². The third-order valence-corrected chi connectivity index (χ3v) is 4.47. The van der Waals surface area contributed by atoms with Crippen molar-refractivity contribution in [3.8, 4) is 5.75 Å². The van der Waals surface area contributed by atoms with E-state index in [-0.39, 0.29) is 11.8 Å². The largest absolute Gasteiger partial charge is 0.481 e. The maximum Gasteiger partial charge on any atom is 0.265 e. The van der Waals surface area contributed by atoms with Crippen molar-refractivity contribution in [1.29, 1.82) is 0 Å². The molecule has 0 radical (unpaired) electrons. The number of ether oxygens (including phenoxy) is 1. The van der Waals surface area contributed by atoms with Gasteiger partial charge in [0.1, 0.15) is 5.75 Å². The van der Waals surface area contributed by atoms with Gasteiger partial charge in [0.2, 0.25) is 0 Å². The van der Waals surface area contributed by atoms with Crippen molar-refractivity contribution in [3.63, 3.8) is 0 Å². The first-order valence-corrected chi connectivity index (χ1v) is 9.36. The first-order valence-electron chi connectivity index (χ1n) is 8.57. The van der Waals surface area contributed by atoms with Gasteiger partial charge in [-0.2, -0.15) is 0 Å². The average Bonchev–Trinajstić information content (AvgIpc) is 2.65. The number of hydrogen-bond donors (Lipinski definition) is 1. The number of benzene rings is 2. The van der Waals surface area contributed by atoms with Gasteiger partial charge < -0.3 is 15.0 Å². The van der Waals surface area contributed by atoms with E-state index in [1.165, 1.54) is 0 Å². The molecule has 0 bridgehead atoms. The van der Waals surface area contributed by atoms with Crippen LogP contribution in [0.4, 0.5) is 5.69 Å². The molecule has 2 rings (SSSR count). The lowest BCUT2D eigenvalue weighted by atomic mass is 10.1. The third-order valence-electron chi connectivity index (χ3n) is 3.95. The molecular weight excluding hydrogens is 396 g/mol. The van der Waals surface area contributed by atoms with Gasteiger partial charge in [0, 0.05) is 28.8 Å². The number of carbonyl (C=O) groups excluding carboxylic acids is 2. The smallest absolute Gasteiger partial charge is 0.265 e. The number of nitrogens with zero attached hydrogens (tertiary/aromatic N) is 1. The molecule has 0 heterocycles. The molecule has 2 amide bonds. The predicted molar refractivity (Wildman–Crippen MR) is 107 cm³/mol. The van der Waals surface area contributed by atoms with Gasteiger partial charge in [-0.1, -0.05) is 15.9 Å². The Balaban J connectivity index is 1.96. The Hall–Kier alpha value is -2.34. The maximum atomic E-state index is 12.3. The summed E-state index contributed by atoms with van der Waals surface area (Å²) in [6, 6.07) is 14.2. The van der Waals surface area contributed by atoms with E-state index in [1.807, 2.05) is 26.0 Å². The molecule has 0 aliphatic carbocycles. The number of hydrogen-bond acceptors (Lipinski definition) is 3. The van der Waals surface area contributed by atoms with E-state index in [9.17, 15) is 9.59 Å². The van der Waals surface area contributed by atoms with E-state index in [0.717, 1.165) is 4.47 Å². The summed E-state index contributed by atoms with van der Waals surface area (Å²) in [5.41, 5.74) is 1.23. The van der Waals surface area contributed by atoms with Crippen LogP contribution in [0.5, 0.6) is 5.75 Å². The molecule has 138 valence electrons. The SMILES string of the molecule is CCN(CC)C(=O)c1ccc(NC(=O)[C@H](C)Oc2ccc(Br)cc2)cc1. The number of nitrogens with one attached hydrogen (secondary N) is 1. The molecule has 0 spiro atoms. The zero-order valence-electron chi connectivity index (χ0n) is 15.2. The fraction of sp³-hybridized carbons (Fsp3) is 0.300. The highest BCUT2D eigenvalue weighted by atomic mass is 79.9. The molecule has 0 aliphatic rings. The molecule has 2 aromatic rings. The Labute approximate surface area is 162 Å². The first-order chi connectivity index (χ1) is 12.4. The molecule has 0 saturated carbocycles. The van der Waals surface area contributed by atoms with Crippen molar-refractivity contribution in [2.75, 3.05) is 18.4 Å². The van der Waals surface area contributed by atoms with E-state index >= 15 is 0 Å². The zero-order valence-corrected chi connectivity index (χ0v) is 16.7. The lowest BCUT2D eigenvalue weighted by Gasteiger charge is -2.19. The summed E-state index contributed by atoms with van der Waals surface area (Å²) in [6.07, 6.45) is -0.645. The standard InChI is InChI=1S/C20H23BrN2O3/c1-4-23(5-2)20(25)15-6-10-17(11-7-15)22-19(24)14(3)26-18-12-8-16(21)9-13-18/h6-14H,4-5H2,1-3H3,(H,22,24)/t14-/m0/s1. The van der Waals surface area contributed by atoms with Gasteiger partial charge >= 0.3 is 0 Å². The molecule has 1 N–H and O–H groups in total. The van der Waals surface area contributed by atoms with Crippen LogP contribution in [0.2, 0.25) is 0 Å². The second kappa shape index (κ2) is 9.38. The summed E-state index contributed by atoms with van der Waals surface area (Å²) in [5, 5.41) is 2.80. The van der Waals surface area contributed by atoms with E-state index in [2.05, 4.69) is 21.2 Å². The number of anilines is 1. The first kappa shape index (κ1) is 20.0. The highest BCUT2D eigenvalue weighted by Crippen LogP contribution is 2.18. The summed E-state index contributed by atoms with van der Waals surface area (Å²) < 4.78 is 6.58. The van der Waals surface area contributed by atoms with Gasteiger partial charge in [0.15, 0.2) is 6.10 Å². The molecule has 5 nitrogen and oxygen atoms in total. The number of amides is 2. The minimum absolute atomic E-state index is 0.0141. The van der Waals surface area contributed by atoms with Crippen LogP contribution < -0.4 is 10.1 Å². The molecule has 0 aromatic heterocycles. The second-order valence-corrected chi connectivity index (χ2v) is 6.67. The summed E-state index contributed by atoms with van der Waals surface area (Å²) in [4.78, 5) is 26.3. The van der Waals surface area contributed by atoms with E-state index in [1.54, 1.807) is 48.2 Å². The van der Waals surface area contributed by atoms with Crippen LogP contribution in [0.25, 0.3) is 0 Å². The van der Waals surface area contributed by atoms with Crippen molar-refractivity contribution in [3.05, 3.63) is 58.6 Å². The van der Waals surface area contributed by atoms with Crippen molar-refractivity contribution in [2.24, 2.45) is 0 Å². The number of carbonyl (C=O) groups is 2. The Morgan fingerprint density at radius 3 is 2.15 bits per heavy atom. The maximum absolute atomic E-state index is 12.3. The number of rotatable bonds is 7. The molecule has 0 aliphatic heterocycles. The molecule has 26 heavy (non-hydrogen) atoms. The minimum Gasteiger partial charge on any atom is -0.481 e. The van der Waals surface area contributed by atoms with Crippen LogP contribution in [0, 0.1) is 0 Å². The van der Waals surface area contributed by atoms with E-state index < -0.39 is 6.10 Å². The Morgan fingerprint density at radius 1 is 1.04 bits per heavy atom. The Kier molecular flexibility index (Phi) is 7.21. The van der Waals surface area contributed by atoms with Crippen LogP contribution in [0.15, 0.2) is 53.0 Å². The lowest BCUT2D eigenvalue weighted by molar-refractivity contribution is -0.122. The van der Waals surface area contributed by atoms with Gasteiger partial charge in [0.25, 0.3) is 11.8 Å². The normalized spacial score (nSPS) is 11.5. The molecule has 2 aromatic carbocycles. The molecule has 0 unspecified atom stereocenters.